The SMILES string of the molecule is FC(F)(F)C1CCN(c2ncc(Cl)cc2Cl)CC1. The minimum Gasteiger partial charge on any atom is -0.355 e. The highest BCUT2D eigenvalue weighted by molar-refractivity contribution is 6.36. The van der Waals surface area contributed by atoms with Gasteiger partial charge in [0.15, 0.2) is 0 Å². The van der Waals surface area contributed by atoms with E-state index >= 15 is 0 Å². The van der Waals surface area contributed by atoms with E-state index in [9.17, 15) is 13.2 Å². The number of aromatic nitrogens is 1. The number of piperidine rings is 1. The third-order valence-corrected chi connectivity index (χ3v) is 3.53. The lowest BCUT2D eigenvalue weighted by atomic mass is 9.96. The second-order valence-corrected chi connectivity index (χ2v) is 5.11. The van der Waals surface area contributed by atoms with Gasteiger partial charge in [0.25, 0.3) is 0 Å². The Bertz CT molecular complexity index is 429. The Morgan fingerprint density at radius 2 is 1.83 bits per heavy atom. The van der Waals surface area contributed by atoms with Crippen molar-refractivity contribution in [2.75, 3.05) is 18.0 Å². The van der Waals surface area contributed by atoms with Crippen LogP contribution in [-0.2, 0) is 0 Å². The molecular weight excluding hydrogens is 288 g/mol. The Morgan fingerprint density at radius 1 is 1.22 bits per heavy atom. The maximum Gasteiger partial charge on any atom is 0.391 e. The van der Waals surface area contributed by atoms with Crippen molar-refractivity contribution in [2.24, 2.45) is 5.92 Å². The monoisotopic (exact) mass is 298 g/mol. The van der Waals surface area contributed by atoms with Gasteiger partial charge in [-0.25, -0.2) is 4.98 Å². The minimum absolute atomic E-state index is 0.0735. The predicted molar refractivity (Wildman–Crippen MR) is 65.2 cm³/mol. The molecule has 0 saturated carbocycles. The number of halogens is 5. The highest BCUT2D eigenvalue weighted by atomic mass is 35.5. The van der Waals surface area contributed by atoms with E-state index in [1.807, 2.05) is 0 Å². The normalized spacial score (nSPS) is 18.2. The Morgan fingerprint density at radius 3 is 2.33 bits per heavy atom. The van der Waals surface area contributed by atoms with Crippen molar-refractivity contribution in [3.63, 3.8) is 0 Å². The maximum atomic E-state index is 12.5. The van der Waals surface area contributed by atoms with Crippen LogP contribution in [-0.4, -0.2) is 24.2 Å². The van der Waals surface area contributed by atoms with Gasteiger partial charge >= 0.3 is 6.18 Å². The molecule has 0 radical (unpaired) electrons. The first-order valence-electron chi connectivity index (χ1n) is 5.50. The average Bonchev–Trinajstić information content (AvgIpc) is 2.28. The number of nitrogens with zero attached hydrogens (tertiary/aromatic N) is 2. The third-order valence-electron chi connectivity index (χ3n) is 3.05. The molecule has 1 aliphatic heterocycles. The van der Waals surface area contributed by atoms with E-state index in [0.717, 1.165) is 0 Å². The number of anilines is 1. The van der Waals surface area contributed by atoms with Gasteiger partial charge in [-0.05, 0) is 18.9 Å². The van der Waals surface area contributed by atoms with Crippen LogP contribution in [0.5, 0.6) is 0 Å². The summed E-state index contributed by atoms with van der Waals surface area (Å²) in [5.74, 6) is -0.721. The van der Waals surface area contributed by atoms with Crippen LogP contribution in [0.2, 0.25) is 10.0 Å². The third kappa shape index (κ3) is 3.01. The van der Waals surface area contributed by atoms with E-state index in [4.69, 9.17) is 23.2 Å². The van der Waals surface area contributed by atoms with Crippen LogP contribution in [0, 0.1) is 5.92 Å². The summed E-state index contributed by atoms with van der Waals surface area (Å²) in [5, 5.41) is 0.780. The highest BCUT2D eigenvalue weighted by Crippen LogP contribution is 2.36. The average molecular weight is 299 g/mol. The van der Waals surface area contributed by atoms with Gasteiger partial charge in [-0.15, -0.1) is 0 Å². The molecule has 100 valence electrons. The van der Waals surface area contributed by atoms with E-state index in [1.165, 1.54) is 6.20 Å². The molecule has 1 aromatic heterocycles. The first-order valence-corrected chi connectivity index (χ1v) is 6.26. The van der Waals surface area contributed by atoms with E-state index in [2.05, 4.69) is 4.98 Å². The molecule has 0 N–H and O–H groups in total. The first kappa shape index (κ1) is 13.7. The highest BCUT2D eigenvalue weighted by Gasteiger charge is 2.41. The van der Waals surface area contributed by atoms with Gasteiger partial charge in [0.2, 0.25) is 0 Å². The quantitative estimate of drug-likeness (QED) is 0.774. The van der Waals surface area contributed by atoms with E-state index < -0.39 is 12.1 Å². The Labute approximate surface area is 113 Å². The predicted octanol–water partition coefficient (Wildman–Crippen LogP) is 4.17. The fourth-order valence-corrected chi connectivity index (χ4v) is 2.56. The molecule has 1 saturated heterocycles. The van der Waals surface area contributed by atoms with Gasteiger partial charge in [0.1, 0.15) is 5.82 Å². The molecule has 0 atom stereocenters. The smallest absolute Gasteiger partial charge is 0.355 e. The molecule has 2 nitrogen and oxygen atoms in total. The van der Waals surface area contributed by atoms with Crippen molar-refractivity contribution in [3.05, 3.63) is 22.3 Å². The second-order valence-electron chi connectivity index (χ2n) is 4.26. The summed E-state index contributed by atoms with van der Waals surface area (Å²) in [6, 6.07) is 1.54. The Balaban J connectivity index is 2.06. The van der Waals surface area contributed by atoms with E-state index in [-0.39, 0.29) is 12.8 Å². The molecule has 7 heteroatoms. The number of hydrogen-bond donors (Lipinski definition) is 0. The summed E-state index contributed by atoms with van der Waals surface area (Å²) in [5.41, 5.74) is 0. The fourth-order valence-electron chi connectivity index (χ4n) is 2.06. The zero-order chi connectivity index (χ0) is 13.3. The summed E-state index contributed by atoms with van der Waals surface area (Å²) in [6.07, 6.45) is -2.52. The zero-order valence-electron chi connectivity index (χ0n) is 9.34. The molecule has 0 spiro atoms. The number of alkyl halides is 3. The largest absolute Gasteiger partial charge is 0.391 e. The molecular formula is C11H11Cl2F3N2. The van der Waals surface area contributed by atoms with Crippen LogP contribution < -0.4 is 4.90 Å². The molecule has 2 rings (SSSR count). The van der Waals surface area contributed by atoms with Crippen molar-refractivity contribution >= 4 is 29.0 Å². The van der Waals surface area contributed by atoms with Crippen molar-refractivity contribution in [1.82, 2.24) is 4.98 Å². The second kappa shape index (κ2) is 5.13. The standard InChI is InChI=1S/C11H11Cl2F3N2/c12-8-5-9(13)10(17-6-8)18-3-1-7(2-4-18)11(14,15)16/h5-7H,1-4H2. The summed E-state index contributed by atoms with van der Waals surface area (Å²) >= 11 is 11.7. The van der Waals surface area contributed by atoms with Crippen LogP contribution in [0.3, 0.4) is 0 Å². The lowest BCUT2D eigenvalue weighted by Crippen LogP contribution is -2.39. The number of rotatable bonds is 1. The topological polar surface area (TPSA) is 16.1 Å². The van der Waals surface area contributed by atoms with Crippen LogP contribution >= 0.6 is 23.2 Å². The van der Waals surface area contributed by atoms with E-state index in [0.29, 0.717) is 29.0 Å². The molecule has 0 unspecified atom stereocenters. The maximum absolute atomic E-state index is 12.5. The fraction of sp³-hybridized carbons (Fsp3) is 0.545. The van der Waals surface area contributed by atoms with Gasteiger partial charge in [0.05, 0.1) is 16.0 Å². The molecule has 0 bridgehead atoms. The van der Waals surface area contributed by atoms with Crippen LogP contribution in [0.25, 0.3) is 0 Å². The zero-order valence-corrected chi connectivity index (χ0v) is 10.9. The lowest BCUT2D eigenvalue weighted by molar-refractivity contribution is -0.179. The molecule has 1 aliphatic rings. The summed E-state index contributed by atoms with van der Waals surface area (Å²) < 4.78 is 37.6. The van der Waals surface area contributed by atoms with Crippen molar-refractivity contribution in [1.29, 1.82) is 0 Å². The van der Waals surface area contributed by atoms with Crippen molar-refractivity contribution in [2.45, 2.75) is 19.0 Å². The molecule has 0 aliphatic carbocycles. The van der Waals surface area contributed by atoms with Gasteiger partial charge in [-0.3, -0.25) is 0 Å². The Hall–Kier alpha value is -0.680. The van der Waals surface area contributed by atoms with Crippen LogP contribution in [0.4, 0.5) is 19.0 Å². The molecule has 2 heterocycles. The summed E-state index contributed by atoms with van der Waals surface area (Å²) in [4.78, 5) is 5.83. The molecule has 1 fully saturated rings. The van der Waals surface area contributed by atoms with E-state index in [1.54, 1.807) is 11.0 Å². The van der Waals surface area contributed by atoms with Gasteiger partial charge in [0, 0.05) is 19.3 Å². The lowest BCUT2D eigenvalue weighted by Gasteiger charge is -2.34. The first-order chi connectivity index (χ1) is 8.38. The minimum atomic E-state index is -4.11. The van der Waals surface area contributed by atoms with Gasteiger partial charge in [-0.2, -0.15) is 13.2 Å². The van der Waals surface area contributed by atoms with Gasteiger partial charge < -0.3 is 4.90 Å². The molecule has 0 aromatic carbocycles. The van der Waals surface area contributed by atoms with Gasteiger partial charge in [-0.1, -0.05) is 23.2 Å². The van der Waals surface area contributed by atoms with Crippen LogP contribution in [0.1, 0.15) is 12.8 Å². The molecule has 18 heavy (non-hydrogen) atoms. The Kier molecular flexibility index (Phi) is 3.92. The van der Waals surface area contributed by atoms with Crippen molar-refractivity contribution in [3.8, 4) is 0 Å². The van der Waals surface area contributed by atoms with Crippen LogP contribution in [0.15, 0.2) is 12.3 Å². The molecule has 0 amide bonds. The summed E-state index contributed by atoms with van der Waals surface area (Å²) in [6.45, 7) is 0.608. The summed E-state index contributed by atoms with van der Waals surface area (Å²) in [7, 11) is 0. The molecule has 1 aromatic rings. The number of hydrogen-bond acceptors (Lipinski definition) is 2. The number of pyridine rings is 1. The van der Waals surface area contributed by atoms with Crippen molar-refractivity contribution < 1.29 is 13.2 Å².